The van der Waals surface area contributed by atoms with Crippen LogP contribution in [0.2, 0.25) is 0 Å². The number of benzene rings is 4. The molecule has 10 nitrogen and oxygen atoms in total. The third-order valence-electron chi connectivity index (χ3n) is 6.41. The van der Waals surface area contributed by atoms with Gasteiger partial charge in [-0.05, 0) is 82.5 Å². The van der Waals surface area contributed by atoms with E-state index in [1.165, 1.54) is 42.4 Å². The van der Waals surface area contributed by atoms with Gasteiger partial charge in [0.25, 0.3) is 11.6 Å². The molecule has 0 atom stereocenters. The van der Waals surface area contributed by atoms with Gasteiger partial charge in [0, 0.05) is 34.3 Å². The number of ether oxygens (including phenoxy) is 2. The van der Waals surface area contributed by atoms with E-state index >= 15 is 0 Å². The minimum atomic E-state index is -0.451. The van der Waals surface area contributed by atoms with Crippen molar-refractivity contribution in [3.63, 3.8) is 0 Å². The SMILES string of the molecule is COc1cc(/C=N\NC(=O)c2ccc(-c3csc(Nc4ccc(C)cc4)n3)cc2)cc(Br)c1OCc1ccc([N+](=O)[O-])cc1. The van der Waals surface area contributed by atoms with Gasteiger partial charge in [-0.25, -0.2) is 10.4 Å². The Morgan fingerprint density at radius 2 is 1.80 bits per heavy atom. The van der Waals surface area contributed by atoms with Crippen LogP contribution in [-0.2, 0) is 6.61 Å². The molecule has 1 heterocycles. The van der Waals surface area contributed by atoms with Crippen molar-refractivity contribution in [3.8, 4) is 22.8 Å². The standard InChI is InChI=1S/C32H26BrN5O5S/c1-20-3-11-25(12-4-20)35-32-36-28(19-44-32)23-7-9-24(10-8-23)31(39)37-34-17-22-15-27(33)30(29(16-22)42-2)43-18-21-5-13-26(14-6-21)38(40)41/h3-17,19H,18H2,1-2H3,(H,35,36)(H,37,39)/b34-17-. The molecule has 44 heavy (non-hydrogen) atoms. The van der Waals surface area contributed by atoms with Crippen molar-refractivity contribution >= 4 is 55.9 Å². The monoisotopic (exact) mass is 671 g/mol. The lowest BCUT2D eigenvalue weighted by atomic mass is 10.1. The third-order valence-corrected chi connectivity index (χ3v) is 7.76. The van der Waals surface area contributed by atoms with Crippen LogP contribution < -0.4 is 20.2 Å². The molecule has 0 saturated carbocycles. The number of non-ortho nitro benzene ring substituents is 1. The van der Waals surface area contributed by atoms with Gasteiger partial charge in [0.2, 0.25) is 0 Å². The fourth-order valence-electron chi connectivity index (χ4n) is 4.07. The average molecular weight is 673 g/mol. The van der Waals surface area contributed by atoms with Crippen LogP contribution in [0.3, 0.4) is 0 Å². The van der Waals surface area contributed by atoms with Crippen LogP contribution >= 0.6 is 27.3 Å². The summed E-state index contributed by atoms with van der Waals surface area (Å²) in [4.78, 5) is 27.8. The molecule has 5 rings (SSSR count). The second-order valence-electron chi connectivity index (χ2n) is 9.55. The Bertz CT molecular complexity index is 1810. The van der Waals surface area contributed by atoms with Gasteiger partial charge in [0.15, 0.2) is 16.6 Å². The quantitative estimate of drug-likeness (QED) is 0.0830. The molecule has 2 N–H and O–H groups in total. The number of amides is 1. The summed E-state index contributed by atoms with van der Waals surface area (Å²) in [6, 6.07) is 24.9. The first kappa shape index (κ1) is 30.4. The molecule has 0 aliphatic heterocycles. The van der Waals surface area contributed by atoms with Gasteiger partial charge in [-0.1, -0.05) is 29.8 Å². The zero-order chi connectivity index (χ0) is 31.1. The number of anilines is 2. The Labute approximate surface area is 265 Å². The molecule has 5 aromatic rings. The van der Waals surface area contributed by atoms with Crippen molar-refractivity contribution < 1.29 is 19.2 Å². The maximum atomic E-state index is 12.7. The van der Waals surface area contributed by atoms with E-state index in [-0.39, 0.29) is 18.2 Å². The van der Waals surface area contributed by atoms with E-state index in [2.05, 4.69) is 36.8 Å². The molecule has 0 aliphatic carbocycles. The number of carbonyl (C=O) groups is 1. The molecule has 1 amide bonds. The van der Waals surface area contributed by atoms with Gasteiger partial charge < -0.3 is 14.8 Å². The van der Waals surface area contributed by atoms with Gasteiger partial charge >= 0.3 is 0 Å². The summed E-state index contributed by atoms with van der Waals surface area (Å²) in [6.45, 7) is 2.23. The number of nitrogens with zero attached hydrogens (tertiary/aromatic N) is 3. The molecule has 222 valence electrons. The smallest absolute Gasteiger partial charge is 0.271 e. The van der Waals surface area contributed by atoms with E-state index in [1.54, 1.807) is 36.4 Å². The Morgan fingerprint density at radius 1 is 1.07 bits per heavy atom. The van der Waals surface area contributed by atoms with E-state index < -0.39 is 4.92 Å². The molecule has 0 bridgehead atoms. The van der Waals surface area contributed by atoms with Crippen LogP contribution in [0.1, 0.15) is 27.0 Å². The summed E-state index contributed by atoms with van der Waals surface area (Å²) in [5.74, 6) is 0.552. The molecule has 4 aromatic carbocycles. The van der Waals surface area contributed by atoms with Crippen molar-refractivity contribution in [3.05, 3.63) is 127 Å². The minimum Gasteiger partial charge on any atom is -0.493 e. The number of hydrazone groups is 1. The maximum absolute atomic E-state index is 12.7. The first-order valence-electron chi connectivity index (χ1n) is 13.3. The largest absolute Gasteiger partial charge is 0.493 e. The van der Waals surface area contributed by atoms with Gasteiger partial charge in [-0.2, -0.15) is 5.10 Å². The first-order valence-corrected chi connectivity index (χ1v) is 14.9. The van der Waals surface area contributed by atoms with E-state index in [9.17, 15) is 14.9 Å². The number of rotatable bonds is 11. The Balaban J connectivity index is 1.17. The number of hydrogen-bond donors (Lipinski definition) is 2. The highest BCUT2D eigenvalue weighted by Gasteiger charge is 2.13. The normalized spacial score (nSPS) is 10.9. The Kier molecular flexibility index (Phi) is 9.62. The number of aromatic nitrogens is 1. The van der Waals surface area contributed by atoms with E-state index in [1.807, 2.05) is 48.7 Å². The number of carbonyl (C=O) groups excluding carboxylic acids is 1. The molecule has 0 fully saturated rings. The lowest BCUT2D eigenvalue weighted by Gasteiger charge is -2.13. The van der Waals surface area contributed by atoms with E-state index in [4.69, 9.17) is 9.47 Å². The number of methoxy groups -OCH3 is 1. The Hall–Kier alpha value is -5.07. The van der Waals surface area contributed by atoms with Crippen LogP contribution in [0.25, 0.3) is 11.3 Å². The minimum absolute atomic E-state index is 0.0111. The summed E-state index contributed by atoms with van der Waals surface area (Å²) >= 11 is 5.00. The van der Waals surface area contributed by atoms with Gasteiger partial charge in [-0.3, -0.25) is 14.9 Å². The summed E-state index contributed by atoms with van der Waals surface area (Å²) < 4.78 is 12.0. The second kappa shape index (κ2) is 13.9. The van der Waals surface area contributed by atoms with Gasteiger partial charge in [0.1, 0.15) is 6.61 Å². The third kappa shape index (κ3) is 7.65. The maximum Gasteiger partial charge on any atom is 0.271 e. The zero-order valence-electron chi connectivity index (χ0n) is 23.6. The van der Waals surface area contributed by atoms with Gasteiger partial charge in [-0.15, -0.1) is 11.3 Å². The summed E-state index contributed by atoms with van der Waals surface area (Å²) in [5.41, 5.74) is 8.30. The fraction of sp³-hybridized carbons (Fsp3) is 0.0938. The molecular formula is C32H26BrN5O5S. The molecule has 1 aromatic heterocycles. The molecule has 0 aliphatic rings. The predicted molar refractivity (Wildman–Crippen MR) is 175 cm³/mol. The lowest BCUT2D eigenvalue weighted by molar-refractivity contribution is -0.384. The summed E-state index contributed by atoms with van der Waals surface area (Å²) in [7, 11) is 1.51. The van der Waals surface area contributed by atoms with Crippen molar-refractivity contribution in [2.75, 3.05) is 12.4 Å². The fourth-order valence-corrected chi connectivity index (χ4v) is 5.38. The van der Waals surface area contributed by atoms with E-state index in [0.29, 0.717) is 27.1 Å². The van der Waals surface area contributed by atoms with Crippen LogP contribution in [0, 0.1) is 17.0 Å². The molecular weight excluding hydrogens is 646 g/mol. The zero-order valence-corrected chi connectivity index (χ0v) is 26.0. The molecule has 12 heteroatoms. The number of nitro benzene ring substituents is 1. The van der Waals surface area contributed by atoms with Gasteiger partial charge in [0.05, 0.1) is 28.4 Å². The van der Waals surface area contributed by atoms with Crippen molar-refractivity contribution in [2.24, 2.45) is 5.10 Å². The van der Waals surface area contributed by atoms with Crippen LogP contribution in [-0.4, -0.2) is 29.1 Å². The highest BCUT2D eigenvalue weighted by Crippen LogP contribution is 2.37. The summed E-state index contributed by atoms with van der Waals surface area (Å²) in [5, 5.41) is 21.0. The van der Waals surface area contributed by atoms with Crippen molar-refractivity contribution in [2.45, 2.75) is 13.5 Å². The number of aryl methyl sites for hydroxylation is 1. The molecule has 0 unspecified atom stereocenters. The first-order chi connectivity index (χ1) is 21.3. The van der Waals surface area contributed by atoms with Crippen LogP contribution in [0.5, 0.6) is 11.5 Å². The average Bonchev–Trinajstić information content (AvgIpc) is 3.50. The number of nitrogens with one attached hydrogen (secondary N) is 2. The number of nitro groups is 1. The Morgan fingerprint density at radius 3 is 2.48 bits per heavy atom. The van der Waals surface area contributed by atoms with Crippen molar-refractivity contribution in [1.82, 2.24) is 10.4 Å². The summed E-state index contributed by atoms with van der Waals surface area (Å²) in [6.07, 6.45) is 1.50. The highest BCUT2D eigenvalue weighted by molar-refractivity contribution is 9.10. The molecule has 0 spiro atoms. The van der Waals surface area contributed by atoms with Crippen molar-refractivity contribution in [1.29, 1.82) is 0 Å². The van der Waals surface area contributed by atoms with Crippen LogP contribution in [0.4, 0.5) is 16.5 Å². The highest BCUT2D eigenvalue weighted by atomic mass is 79.9. The predicted octanol–water partition coefficient (Wildman–Crippen LogP) is 7.88. The second-order valence-corrected chi connectivity index (χ2v) is 11.3. The number of thiazole rings is 1. The topological polar surface area (TPSA) is 128 Å². The van der Waals surface area contributed by atoms with E-state index in [0.717, 1.165) is 27.6 Å². The molecule has 0 saturated heterocycles. The number of hydrogen-bond acceptors (Lipinski definition) is 9. The number of halogens is 1. The van der Waals surface area contributed by atoms with Crippen LogP contribution in [0.15, 0.2) is 99.9 Å². The lowest BCUT2D eigenvalue weighted by Crippen LogP contribution is -2.17. The molecule has 0 radical (unpaired) electrons.